The van der Waals surface area contributed by atoms with Crippen LogP contribution in [0.2, 0.25) is 0 Å². The normalized spacial score (nSPS) is 10.8. The maximum absolute atomic E-state index is 11.9. The third-order valence-corrected chi connectivity index (χ3v) is 3.72. The van der Waals surface area contributed by atoms with Crippen LogP contribution in [0.15, 0.2) is 54.6 Å². The van der Waals surface area contributed by atoms with E-state index in [1.165, 1.54) is 24.3 Å². The van der Waals surface area contributed by atoms with Gasteiger partial charge in [0.25, 0.3) is 5.69 Å². The van der Waals surface area contributed by atoms with Crippen molar-refractivity contribution in [1.82, 2.24) is 5.32 Å². The molecule has 2 aromatic carbocycles. The fourth-order valence-corrected chi connectivity index (χ4v) is 2.15. The molecule has 2 N–H and O–H groups in total. The van der Waals surface area contributed by atoms with E-state index in [-0.39, 0.29) is 23.4 Å². The van der Waals surface area contributed by atoms with Gasteiger partial charge in [-0.05, 0) is 29.3 Å². The average Bonchev–Trinajstić information content (AvgIpc) is 2.66. The minimum Gasteiger partial charge on any atom is -0.348 e. The maximum Gasteiger partial charge on any atom is 0.270 e. The molecular formula is C20H21N3O4. The SMILES string of the molecule is CC(C)C(=O)Nc1ccc(CNC(=O)/C=C/c2cccc([N+](=O)[O-])c2)cc1. The molecular weight excluding hydrogens is 346 g/mol. The number of hydrogen-bond acceptors (Lipinski definition) is 4. The van der Waals surface area contributed by atoms with Crippen LogP contribution in [0, 0.1) is 16.0 Å². The number of nitrogens with one attached hydrogen (secondary N) is 2. The molecule has 2 amide bonds. The van der Waals surface area contributed by atoms with Crippen LogP contribution in [-0.4, -0.2) is 16.7 Å². The van der Waals surface area contributed by atoms with E-state index < -0.39 is 4.92 Å². The molecule has 0 aliphatic carbocycles. The molecule has 7 heteroatoms. The van der Waals surface area contributed by atoms with Crippen molar-refractivity contribution in [3.63, 3.8) is 0 Å². The number of benzene rings is 2. The number of carbonyl (C=O) groups excluding carboxylic acids is 2. The second-order valence-corrected chi connectivity index (χ2v) is 6.24. The molecule has 2 rings (SSSR count). The van der Waals surface area contributed by atoms with Gasteiger partial charge in [0.05, 0.1) is 4.92 Å². The molecule has 27 heavy (non-hydrogen) atoms. The van der Waals surface area contributed by atoms with E-state index in [0.717, 1.165) is 5.56 Å². The van der Waals surface area contributed by atoms with Crippen molar-refractivity contribution in [2.75, 3.05) is 5.32 Å². The Morgan fingerprint density at radius 1 is 1.15 bits per heavy atom. The second kappa shape index (κ2) is 9.28. The lowest BCUT2D eigenvalue weighted by Crippen LogP contribution is -2.20. The van der Waals surface area contributed by atoms with Crippen molar-refractivity contribution in [2.24, 2.45) is 5.92 Å². The Balaban J connectivity index is 1.87. The summed E-state index contributed by atoms with van der Waals surface area (Å²) in [5.41, 5.74) is 2.13. The van der Waals surface area contributed by atoms with Crippen LogP contribution in [0.4, 0.5) is 11.4 Å². The molecule has 0 radical (unpaired) electrons. The molecule has 2 aromatic rings. The fraction of sp³-hybridized carbons (Fsp3) is 0.200. The number of amides is 2. The summed E-state index contributed by atoms with van der Waals surface area (Å²) in [5.74, 6) is -0.456. The van der Waals surface area contributed by atoms with Crippen molar-refractivity contribution in [1.29, 1.82) is 0 Å². The van der Waals surface area contributed by atoms with Crippen molar-refractivity contribution in [3.05, 3.63) is 75.8 Å². The van der Waals surface area contributed by atoms with Crippen LogP contribution in [0.5, 0.6) is 0 Å². The monoisotopic (exact) mass is 367 g/mol. The van der Waals surface area contributed by atoms with Gasteiger partial charge in [-0.2, -0.15) is 0 Å². The van der Waals surface area contributed by atoms with Gasteiger partial charge >= 0.3 is 0 Å². The van der Waals surface area contributed by atoms with Gasteiger partial charge in [0, 0.05) is 36.4 Å². The van der Waals surface area contributed by atoms with E-state index in [9.17, 15) is 19.7 Å². The highest BCUT2D eigenvalue weighted by atomic mass is 16.6. The summed E-state index contributed by atoms with van der Waals surface area (Å²) in [6, 6.07) is 13.2. The van der Waals surface area contributed by atoms with Gasteiger partial charge in [-0.25, -0.2) is 0 Å². The predicted octanol–water partition coefficient (Wildman–Crippen LogP) is 3.52. The minimum absolute atomic E-state index is 0.0257. The molecule has 140 valence electrons. The van der Waals surface area contributed by atoms with E-state index in [2.05, 4.69) is 10.6 Å². The molecule has 7 nitrogen and oxygen atoms in total. The van der Waals surface area contributed by atoms with Crippen molar-refractivity contribution >= 4 is 29.3 Å². The summed E-state index contributed by atoms with van der Waals surface area (Å²) < 4.78 is 0. The summed E-state index contributed by atoms with van der Waals surface area (Å²) in [6.07, 6.45) is 2.85. The lowest BCUT2D eigenvalue weighted by Gasteiger charge is -2.08. The molecule has 0 saturated carbocycles. The van der Waals surface area contributed by atoms with Crippen LogP contribution in [0.25, 0.3) is 6.08 Å². The smallest absolute Gasteiger partial charge is 0.270 e. The number of anilines is 1. The Kier molecular flexibility index (Phi) is 6.82. The van der Waals surface area contributed by atoms with Crippen LogP contribution in [0.3, 0.4) is 0 Å². The van der Waals surface area contributed by atoms with Gasteiger partial charge in [-0.1, -0.05) is 38.1 Å². The number of carbonyl (C=O) groups is 2. The first-order chi connectivity index (χ1) is 12.8. The quantitative estimate of drug-likeness (QED) is 0.444. The summed E-state index contributed by atoms with van der Waals surface area (Å²) in [4.78, 5) is 33.8. The van der Waals surface area contributed by atoms with E-state index in [1.807, 2.05) is 26.0 Å². The number of nitro benzene ring substituents is 1. The number of nitrogens with zero attached hydrogens (tertiary/aromatic N) is 1. The Bertz CT molecular complexity index is 858. The molecule has 0 spiro atoms. The van der Waals surface area contributed by atoms with Crippen molar-refractivity contribution in [3.8, 4) is 0 Å². The largest absolute Gasteiger partial charge is 0.348 e. The zero-order valence-corrected chi connectivity index (χ0v) is 15.1. The topological polar surface area (TPSA) is 101 Å². The predicted molar refractivity (Wildman–Crippen MR) is 104 cm³/mol. The molecule has 0 saturated heterocycles. The Hall–Kier alpha value is -3.48. The summed E-state index contributed by atoms with van der Waals surface area (Å²) >= 11 is 0. The first-order valence-corrected chi connectivity index (χ1v) is 8.45. The Labute approximate surface area is 157 Å². The lowest BCUT2D eigenvalue weighted by atomic mass is 10.1. The molecule has 0 atom stereocenters. The Morgan fingerprint density at radius 2 is 1.85 bits per heavy atom. The van der Waals surface area contributed by atoms with Gasteiger partial charge in [0.1, 0.15) is 0 Å². The highest BCUT2D eigenvalue weighted by Gasteiger charge is 2.07. The second-order valence-electron chi connectivity index (χ2n) is 6.24. The van der Waals surface area contributed by atoms with Gasteiger partial charge in [-0.15, -0.1) is 0 Å². The zero-order chi connectivity index (χ0) is 19.8. The minimum atomic E-state index is -0.481. The number of non-ortho nitro benzene ring substituents is 1. The summed E-state index contributed by atoms with van der Waals surface area (Å²) in [7, 11) is 0. The van der Waals surface area contributed by atoms with Crippen molar-refractivity contribution in [2.45, 2.75) is 20.4 Å². The van der Waals surface area contributed by atoms with Crippen LogP contribution in [-0.2, 0) is 16.1 Å². The van der Waals surface area contributed by atoms with E-state index >= 15 is 0 Å². The third kappa shape index (κ3) is 6.39. The number of hydrogen-bond donors (Lipinski definition) is 2. The first-order valence-electron chi connectivity index (χ1n) is 8.45. The molecule has 0 unspecified atom stereocenters. The average molecular weight is 367 g/mol. The zero-order valence-electron chi connectivity index (χ0n) is 15.1. The van der Waals surface area contributed by atoms with Crippen molar-refractivity contribution < 1.29 is 14.5 Å². The first kappa shape index (κ1) is 19.8. The molecule has 0 bridgehead atoms. The van der Waals surface area contributed by atoms with Crippen LogP contribution in [0.1, 0.15) is 25.0 Å². The van der Waals surface area contributed by atoms with E-state index in [0.29, 0.717) is 17.8 Å². The maximum atomic E-state index is 11.9. The number of rotatable bonds is 7. The molecule has 0 aliphatic rings. The highest BCUT2D eigenvalue weighted by Crippen LogP contribution is 2.14. The van der Waals surface area contributed by atoms with Crippen LogP contribution < -0.4 is 10.6 Å². The van der Waals surface area contributed by atoms with Gasteiger partial charge in [-0.3, -0.25) is 19.7 Å². The van der Waals surface area contributed by atoms with Crippen LogP contribution >= 0.6 is 0 Å². The third-order valence-electron chi connectivity index (χ3n) is 3.72. The molecule has 0 heterocycles. The van der Waals surface area contributed by atoms with Gasteiger partial charge in [0.2, 0.25) is 11.8 Å². The molecule has 0 aromatic heterocycles. The number of nitro groups is 1. The van der Waals surface area contributed by atoms with Gasteiger partial charge < -0.3 is 10.6 Å². The molecule has 0 aliphatic heterocycles. The standard InChI is InChI=1S/C20H21N3O4/c1-14(2)20(25)22-17-9-6-16(7-10-17)13-21-19(24)11-8-15-4-3-5-18(12-15)23(26)27/h3-12,14H,13H2,1-2H3,(H,21,24)(H,22,25)/b11-8+. The summed E-state index contributed by atoms with van der Waals surface area (Å²) in [5, 5.41) is 16.3. The Morgan fingerprint density at radius 3 is 2.48 bits per heavy atom. The highest BCUT2D eigenvalue weighted by molar-refractivity contribution is 5.92. The van der Waals surface area contributed by atoms with Gasteiger partial charge in [0.15, 0.2) is 0 Å². The van der Waals surface area contributed by atoms with E-state index in [1.54, 1.807) is 24.3 Å². The molecule has 0 fully saturated rings. The van der Waals surface area contributed by atoms with E-state index in [4.69, 9.17) is 0 Å². The lowest BCUT2D eigenvalue weighted by molar-refractivity contribution is -0.384. The summed E-state index contributed by atoms with van der Waals surface area (Å²) in [6.45, 7) is 3.97. The fourth-order valence-electron chi connectivity index (χ4n) is 2.15.